The van der Waals surface area contributed by atoms with Crippen molar-refractivity contribution in [3.63, 3.8) is 0 Å². The van der Waals surface area contributed by atoms with Gasteiger partial charge < -0.3 is 9.40 Å². The van der Waals surface area contributed by atoms with Crippen LogP contribution >= 0.6 is 0 Å². The molecule has 1 saturated carbocycles. The van der Waals surface area contributed by atoms with Crippen LogP contribution in [0.25, 0.3) is 66.7 Å². The number of nitrogens with zero attached hydrogens (tertiary/aromatic N) is 2. The zero-order chi connectivity index (χ0) is 40.4. The van der Waals surface area contributed by atoms with Gasteiger partial charge in [0.1, 0.15) is 5.58 Å². The summed E-state index contributed by atoms with van der Waals surface area (Å²) < 4.78 is 24.1. The topological polar surface area (TPSA) is 38.9 Å². The van der Waals surface area contributed by atoms with E-state index in [0.29, 0.717) is 11.5 Å². The third-order valence-corrected chi connectivity index (χ3v) is 12.0. The van der Waals surface area contributed by atoms with Crippen LogP contribution in [-0.4, -0.2) is 26.5 Å². The number of rotatable bonds is 8. The quantitative estimate of drug-likeness (QED) is 0.112. The van der Waals surface area contributed by atoms with Gasteiger partial charge in [-0.15, -0.1) is 12.1 Å². The van der Waals surface area contributed by atoms with Crippen molar-refractivity contribution in [2.75, 3.05) is 0 Å². The Bertz CT molecular complexity index is 2670. The average Bonchev–Trinajstić information content (AvgIpc) is 3.95. The van der Waals surface area contributed by atoms with Crippen molar-refractivity contribution in [1.29, 1.82) is 0 Å². The molecule has 5 heteroatoms. The molecule has 4 radical (unpaired) electrons. The Balaban J connectivity index is 0.000000223. The van der Waals surface area contributed by atoms with E-state index in [9.17, 15) is 0 Å². The SMILES string of the molecule is CC(C)(c1ccnc(-c2[c-]cc(-c3ccccc3)c3c2oc2cc(-c4ccccc4)ccc23)c1)C1CCCC1.[2H]C([2H])(c1cc(-c2[c-]cccc2)nc[c]1[Ge])C(C)C.[Ir]. The summed E-state index contributed by atoms with van der Waals surface area (Å²) >= 11 is 1.90. The van der Waals surface area contributed by atoms with Crippen molar-refractivity contribution in [1.82, 2.24) is 9.97 Å². The van der Waals surface area contributed by atoms with Crippen LogP contribution in [0.2, 0.25) is 0 Å². The zero-order valence-electron chi connectivity index (χ0n) is 34.9. The van der Waals surface area contributed by atoms with E-state index in [2.05, 4.69) is 122 Å². The molecule has 57 heavy (non-hydrogen) atoms. The maximum Gasteiger partial charge on any atom is 0 e. The van der Waals surface area contributed by atoms with Crippen molar-refractivity contribution < 1.29 is 27.3 Å². The van der Waals surface area contributed by atoms with Crippen molar-refractivity contribution in [2.24, 2.45) is 11.8 Å². The first-order valence-corrected chi connectivity index (χ1v) is 20.7. The second-order valence-electron chi connectivity index (χ2n) is 15.6. The second kappa shape index (κ2) is 17.9. The first kappa shape index (κ1) is 37.9. The molecule has 9 rings (SSSR count). The summed E-state index contributed by atoms with van der Waals surface area (Å²) in [6.45, 7) is 8.58. The molecule has 286 valence electrons. The number of pyridine rings is 2. The van der Waals surface area contributed by atoms with Gasteiger partial charge >= 0.3 is 114 Å². The fraction of sp³-hybridized carbons (Fsp3) is 0.231. The number of hydrogen-bond acceptors (Lipinski definition) is 3. The molecule has 0 spiro atoms. The maximum atomic E-state index is 8.25. The van der Waals surface area contributed by atoms with E-state index in [4.69, 9.17) is 12.1 Å². The summed E-state index contributed by atoms with van der Waals surface area (Å²) in [5, 5.41) is 2.23. The molecule has 0 atom stereocenters. The summed E-state index contributed by atoms with van der Waals surface area (Å²) in [5.41, 5.74) is 12.0. The second-order valence-corrected chi connectivity index (χ2v) is 16.8. The van der Waals surface area contributed by atoms with E-state index < -0.39 is 6.37 Å². The van der Waals surface area contributed by atoms with Crippen LogP contribution < -0.4 is 4.40 Å². The third kappa shape index (κ3) is 8.80. The van der Waals surface area contributed by atoms with Gasteiger partial charge in [0.2, 0.25) is 0 Å². The van der Waals surface area contributed by atoms with E-state index >= 15 is 0 Å². The third-order valence-electron chi connectivity index (χ3n) is 11.2. The molecular formula is C52H47GeIrN2O-2. The van der Waals surface area contributed by atoms with Gasteiger partial charge in [0.25, 0.3) is 0 Å². The van der Waals surface area contributed by atoms with Crippen LogP contribution in [0.15, 0.2) is 144 Å². The molecule has 5 aromatic carbocycles. The predicted molar refractivity (Wildman–Crippen MR) is 234 cm³/mol. The number of fused-ring (bicyclic) bond motifs is 3. The molecule has 8 aromatic rings. The van der Waals surface area contributed by atoms with Crippen molar-refractivity contribution in [3.8, 4) is 44.8 Å². The van der Waals surface area contributed by atoms with E-state index in [0.717, 1.165) is 65.5 Å². The molecule has 1 fully saturated rings. The summed E-state index contributed by atoms with van der Waals surface area (Å²) in [4.78, 5) is 9.23. The summed E-state index contributed by atoms with van der Waals surface area (Å²) in [7, 11) is 0. The van der Waals surface area contributed by atoms with Crippen LogP contribution in [0.1, 0.15) is 67.2 Å². The molecule has 0 aliphatic heterocycles. The molecule has 0 unspecified atom stereocenters. The predicted octanol–water partition coefficient (Wildman–Crippen LogP) is 12.8. The molecule has 3 heterocycles. The van der Waals surface area contributed by atoms with Crippen LogP contribution in [0.3, 0.4) is 0 Å². The number of furan rings is 1. The Labute approximate surface area is 362 Å². The fourth-order valence-corrected chi connectivity index (χ4v) is 8.54. The fourth-order valence-electron chi connectivity index (χ4n) is 8.10. The molecule has 3 aromatic heterocycles. The van der Waals surface area contributed by atoms with Gasteiger partial charge in [-0.2, -0.15) is 0 Å². The van der Waals surface area contributed by atoms with Crippen LogP contribution in [0, 0.1) is 24.0 Å². The number of aromatic nitrogens is 2. The smallest absolute Gasteiger partial charge is 0 e. The Morgan fingerprint density at radius 1 is 0.807 bits per heavy atom. The van der Waals surface area contributed by atoms with Crippen molar-refractivity contribution in [3.05, 3.63) is 163 Å². The zero-order valence-corrected chi connectivity index (χ0v) is 37.4. The van der Waals surface area contributed by atoms with Crippen LogP contribution in [-0.2, 0) is 31.9 Å². The molecule has 0 saturated heterocycles. The number of hydrogen-bond donors (Lipinski definition) is 0. The Kier molecular flexibility index (Phi) is 11.9. The standard InChI is InChI=1S/C37H32NO.C15H15GeN.Ir/c1-37(2,28-15-9-10-16-28)29-21-22-38-33(24-29)31-20-19-30(26-13-7-4-8-14-26)35-32-18-17-27(23-34(32)39-36(31)35)25-11-5-3-6-12-25;1-11(2)8-13-9-15(17-10-14(13)16)12-6-4-3-5-7-12;/h3-8,11-14,17-19,21-24,28H,9-10,15-16H2,1-2H3;3-6,9-11H,8H2,1-2H3;/q2*-1;/i;8D2;. The van der Waals surface area contributed by atoms with Gasteiger partial charge in [-0.05, 0) is 64.1 Å². The molecule has 1 aliphatic carbocycles. The van der Waals surface area contributed by atoms with Gasteiger partial charge in [0.15, 0.2) is 0 Å². The summed E-state index contributed by atoms with van der Waals surface area (Å²) in [6.07, 6.45) is 7.64. The van der Waals surface area contributed by atoms with Crippen molar-refractivity contribution in [2.45, 2.75) is 65.2 Å². The van der Waals surface area contributed by atoms with Gasteiger partial charge in [0, 0.05) is 31.7 Å². The summed E-state index contributed by atoms with van der Waals surface area (Å²) in [6, 6.07) is 50.3. The van der Waals surface area contributed by atoms with E-state index in [1.807, 2.05) is 73.0 Å². The van der Waals surface area contributed by atoms with Gasteiger partial charge in [-0.3, -0.25) is 0 Å². The monoisotopic (exact) mass is 984 g/mol. The largest absolute Gasteiger partial charge is 0 e. The maximum absolute atomic E-state index is 8.25. The van der Waals surface area contributed by atoms with Gasteiger partial charge in [-0.1, -0.05) is 122 Å². The molecule has 1 aliphatic rings. The normalized spacial score (nSPS) is 13.9. The summed E-state index contributed by atoms with van der Waals surface area (Å²) in [5.74, 6) is 0.626. The van der Waals surface area contributed by atoms with Crippen LogP contribution in [0.4, 0.5) is 0 Å². The molecule has 0 N–H and O–H groups in total. The minimum atomic E-state index is -1.35. The number of benzene rings is 5. The Morgan fingerprint density at radius 3 is 2.23 bits per heavy atom. The molecule has 3 nitrogen and oxygen atoms in total. The van der Waals surface area contributed by atoms with Gasteiger partial charge in [-0.25, -0.2) is 0 Å². The minimum absolute atomic E-state index is 0. The Morgan fingerprint density at radius 2 is 1.53 bits per heavy atom. The van der Waals surface area contributed by atoms with Crippen LogP contribution in [0.5, 0.6) is 0 Å². The van der Waals surface area contributed by atoms with Gasteiger partial charge in [0.05, 0.1) is 5.58 Å². The van der Waals surface area contributed by atoms with Crippen molar-refractivity contribution >= 4 is 42.8 Å². The average molecular weight is 983 g/mol. The minimum Gasteiger partial charge on any atom is 0 e. The first-order valence-electron chi connectivity index (χ1n) is 20.7. The van der Waals surface area contributed by atoms with E-state index in [-0.39, 0.29) is 31.4 Å². The van der Waals surface area contributed by atoms with E-state index in [1.165, 1.54) is 36.8 Å². The molecule has 0 amide bonds. The van der Waals surface area contributed by atoms with E-state index in [1.54, 1.807) is 6.20 Å². The first-order chi connectivity index (χ1) is 28.0. The molecular weight excluding hydrogens is 933 g/mol. The Hall–Kier alpha value is -4.61. The molecule has 0 bridgehead atoms.